The van der Waals surface area contributed by atoms with E-state index in [4.69, 9.17) is 13.8 Å². The molecule has 0 amide bonds. The van der Waals surface area contributed by atoms with Crippen LogP contribution < -0.4 is 0 Å². The molecule has 2 atom stereocenters. The molecule has 0 aliphatic rings. The van der Waals surface area contributed by atoms with E-state index < -0.39 is 12.2 Å². The maximum absolute atomic E-state index is 9.01. The Morgan fingerprint density at radius 2 is 1.38 bits per heavy atom. The lowest BCUT2D eigenvalue weighted by molar-refractivity contribution is 0.240. The molecule has 0 aromatic heterocycles. The van der Waals surface area contributed by atoms with E-state index in [1.165, 1.54) is 0 Å². The van der Waals surface area contributed by atoms with Crippen LogP contribution in [-0.2, 0) is 3.63 Å². The van der Waals surface area contributed by atoms with E-state index in [0.29, 0.717) is 9.81 Å². The summed E-state index contributed by atoms with van der Waals surface area (Å²) in [6, 6.07) is 0. The molecule has 0 aromatic rings. The van der Waals surface area contributed by atoms with Crippen molar-refractivity contribution in [3.05, 3.63) is 23.0 Å². The van der Waals surface area contributed by atoms with Crippen molar-refractivity contribution in [2.75, 3.05) is 0 Å². The predicted octanol–water partition coefficient (Wildman–Crippen LogP) is 2.09. The fourth-order valence-electron chi connectivity index (χ4n) is 0.244. The van der Waals surface area contributed by atoms with Crippen molar-refractivity contribution < 1.29 is 13.8 Å². The van der Waals surface area contributed by atoms with Crippen molar-refractivity contribution in [1.82, 2.24) is 0 Å². The lowest BCUT2D eigenvalue weighted by Gasteiger charge is -2.08. The average molecular weight is 222 g/mol. The first-order valence-corrected chi connectivity index (χ1v) is 5.18. The third kappa shape index (κ3) is 6.17. The Balaban J connectivity index is 3.57. The maximum Gasteiger partial charge on any atom is 0.0837 e. The highest BCUT2D eigenvalue weighted by molar-refractivity contribution is 8.11. The summed E-state index contributed by atoms with van der Waals surface area (Å²) in [5.74, 6) is 0. The van der Waals surface area contributed by atoms with Crippen LogP contribution in [0, 0.1) is 0 Å². The number of aliphatic hydroxyl groups is 2. The second-order valence-electron chi connectivity index (χ2n) is 2.52. The van der Waals surface area contributed by atoms with E-state index in [0.717, 1.165) is 24.1 Å². The minimum absolute atomic E-state index is 0.519. The first kappa shape index (κ1) is 13.1. The maximum atomic E-state index is 9.01. The standard InChI is InChI=1S/C8H14O3S2/c1-5(9)7(3)12-11-13-8(4)6(2)10/h5-6,9-10H,3-4H2,1-2H3. The van der Waals surface area contributed by atoms with Gasteiger partial charge in [-0.25, -0.2) is 3.63 Å². The normalized spacial score (nSPS) is 15.1. The van der Waals surface area contributed by atoms with Crippen molar-refractivity contribution in [2.45, 2.75) is 26.1 Å². The van der Waals surface area contributed by atoms with Crippen LogP contribution in [-0.4, -0.2) is 22.4 Å². The molecular weight excluding hydrogens is 208 g/mol. The molecule has 13 heavy (non-hydrogen) atoms. The molecule has 0 saturated heterocycles. The largest absolute Gasteiger partial charge is 0.388 e. The summed E-state index contributed by atoms with van der Waals surface area (Å²) >= 11 is 1.95. The summed E-state index contributed by atoms with van der Waals surface area (Å²) in [5, 5.41) is 18.0. The average Bonchev–Trinajstić information content (AvgIpc) is 2.03. The van der Waals surface area contributed by atoms with Gasteiger partial charge in [-0.2, -0.15) is 0 Å². The second kappa shape index (κ2) is 6.50. The fourth-order valence-corrected chi connectivity index (χ4v) is 1.36. The lowest BCUT2D eigenvalue weighted by Crippen LogP contribution is -2.01. The van der Waals surface area contributed by atoms with Gasteiger partial charge in [-0.05, 0) is 13.8 Å². The van der Waals surface area contributed by atoms with Crippen LogP contribution in [0.25, 0.3) is 0 Å². The monoisotopic (exact) mass is 222 g/mol. The van der Waals surface area contributed by atoms with Crippen molar-refractivity contribution in [3.63, 3.8) is 0 Å². The van der Waals surface area contributed by atoms with E-state index in [2.05, 4.69) is 13.2 Å². The van der Waals surface area contributed by atoms with Crippen molar-refractivity contribution in [2.24, 2.45) is 0 Å². The third-order valence-electron chi connectivity index (χ3n) is 1.21. The molecule has 5 heteroatoms. The number of hydrogen-bond acceptors (Lipinski definition) is 5. The Labute approximate surface area is 87.3 Å². The van der Waals surface area contributed by atoms with Gasteiger partial charge in [0.2, 0.25) is 0 Å². The van der Waals surface area contributed by atoms with Gasteiger partial charge in [0.05, 0.1) is 12.2 Å². The second-order valence-corrected chi connectivity index (χ2v) is 4.45. The number of rotatable bonds is 6. The van der Waals surface area contributed by atoms with Crippen LogP contribution in [0.15, 0.2) is 23.0 Å². The van der Waals surface area contributed by atoms with Gasteiger partial charge in [-0.15, -0.1) is 0 Å². The van der Waals surface area contributed by atoms with Crippen molar-refractivity contribution >= 4 is 24.1 Å². The van der Waals surface area contributed by atoms with Gasteiger partial charge in [0.25, 0.3) is 0 Å². The van der Waals surface area contributed by atoms with Crippen LogP contribution in [0.1, 0.15) is 13.8 Å². The zero-order chi connectivity index (χ0) is 10.4. The fraction of sp³-hybridized carbons (Fsp3) is 0.500. The van der Waals surface area contributed by atoms with Gasteiger partial charge in [-0.3, -0.25) is 0 Å². The van der Waals surface area contributed by atoms with Gasteiger partial charge in [0, 0.05) is 33.9 Å². The van der Waals surface area contributed by atoms with Gasteiger partial charge in [0.1, 0.15) is 0 Å². The third-order valence-corrected chi connectivity index (χ3v) is 2.87. The minimum atomic E-state index is -0.606. The summed E-state index contributed by atoms with van der Waals surface area (Å²) in [5.41, 5.74) is 0. The zero-order valence-corrected chi connectivity index (χ0v) is 9.32. The molecule has 0 aromatic carbocycles. The van der Waals surface area contributed by atoms with Gasteiger partial charge < -0.3 is 10.2 Å². The molecule has 0 aliphatic carbocycles. The summed E-state index contributed by atoms with van der Waals surface area (Å²) in [6.45, 7) is 10.4. The van der Waals surface area contributed by atoms with Crippen LogP contribution in [0.4, 0.5) is 0 Å². The van der Waals surface area contributed by atoms with E-state index in [1.807, 2.05) is 0 Å². The van der Waals surface area contributed by atoms with Gasteiger partial charge >= 0.3 is 0 Å². The Morgan fingerprint density at radius 1 is 1.08 bits per heavy atom. The van der Waals surface area contributed by atoms with Crippen LogP contribution in [0.3, 0.4) is 0 Å². The summed E-state index contributed by atoms with van der Waals surface area (Å²) in [6.07, 6.45) is -1.21. The molecule has 0 fully saturated rings. The number of hydrogen-bond donors (Lipinski definition) is 2. The Bertz CT molecular complexity index is 170. The highest BCUT2D eigenvalue weighted by Gasteiger charge is 2.07. The van der Waals surface area contributed by atoms with Crippen LogP contribution >= 0.6 is 24.1 Å². The Hall–Kier alpha value is 0.0600. The molecule has 3 nitrogen and oxygen atoms in total. The minimum Gasteiger partial charge on any atom is -0.388 e. The first-order valence-electron chi connectivity index (χ1n) is 3.70. The van der Waals surface area contributed by atoms with Crippen molar-refractivity contribution in [3.8, 4) is 0 Å². The molecule has 76 valence electrons. The first-order chi connectivity index (χ1) is 5.95. The Kier molecular flexibility index (Phi) is 6.53. The quantitative estimate of drug-likeness (QED) is 0.674. The van der Waals surface area contributed by atoms with Gasteiger partial charge in [0.15, 0.2) is 0 Å². The molecule has 0 bridgehead atoms. The summed E-state index contributed by atoms with van der Waals surface area (Å²) in [4.78, 5) is 1.04. The molecule has 0 heterocycles. The molecule has 0 radical (unpaired) electrons. The topological polar surface area (TPSA) is 49.7 Å². The van der Waals surface area contributed by atoms with E-state index in [9.17, 15) is 0 Å². The molecule has 0 aliphatic heterocycles. The molecule has 0 rings (SSSR count). The molecule has 2 unspecified atom stereocenters. The Morgan fingerprint density at radius 3 is 1.62 bits per heavy atom. The lowest BCUT2D eigenvalue weighted by atomic mass is 10.4. The molecular formula is C8H14O3S2. The smallest absolute Gasteiger partial charge is 0.0837 e. The van der Waals surface area contributed by atoms with E-state index >= 15 is 0 Å². The SMILES string of the molecule is C=C(SOSC(=C)C(C)O)C(C)O. The predicted molar refractivity (Wildman–Crippen MR) is 57.9 cm³/mol. The molecule has 0 spiro atoms. The summed E-state index contributed by atoms with van der Waals surface area (Å²) in [7, 11) is 0. The van der Waals surface area contributed by atoms with E-state index in [-0.39, 0.29) is 0 Å². The number of aliphatic hydroxyl groups excluding tert-OH is 2. The zero-order valence-electron chi connectivity index (χ0n) is 7.69. The van der Waals surface area contributed by atoms with Gasteiger partial charge in [-0.1, -0.05) is 13.2 Å². The van der Waals surface area contributed by atoms with Crippen molar-refractivity contribution in [1.29, 1.82) is 0 Å². The molecule has 2 N–H and O–H groups in total. The highest BCUT2D eigenvalue weighted by Crippen LogP contribution is 2.29. The molecule has 0 saturated carbocycles. The van der Waals surface area contributed by atoms with Crippen LogP contribution in [0.2, 0.25) is 0 Å². The van der Waals surface area contributed by atoms with E-state index in [1.54, 1.807) is 13.8 Å². The summed E-state index contributed by atoms with van der Waals surface area (Å²) < 4.78 is 4.99. The highest BCUT2D eigenvalue weighted by atomic mass is 32.2. The van der Waals surface area contributed by atoms with Crippen LogP contribution in [0.5, 0.6) is 0 Å².